The van der Waals surface area contributed by atoms with E-state index in [1.165, 1.54) is 0 Å². The lowest BCUT2D eigenvalue weighted by Crippen LogP contribution is -2.26. The van der Waals surface area contributed by atoms with Crippen LogP contribution in [0.15, 0.2) is 18.2 Å². The smallest absolute Gasteiger partial charge is 0.253 e. The summed E-state index contributed by atoms with van der Waals surface area (Å²) in [5.41, 5.74) is 1.92. The summed E-state index contributed by atoms with van der Waals surface area (Å²) in [5.74, 6) is 0.941. The van der Waals surface area contributed by atoms with Crippen molar-refractivity contribution in [1.82, 2.24) is 4.90 Å². The molecule has 1 amide bonds. The molecule has 0 radical (unpaired) electrons. The Labute approximate surface area is 89.7 Å². The first-order valence-electron chi connectivity index (χ1n) is 5.15. The van der Waals surface area contributed by atoms with Gasteiger partial charge in [-0.25, -0.2) is 0 Å². The minimum Gasteiger partial charge on any atom is -0.497 e. The quantitative estimate of drug-likeness (QED) is 0.698. The minimum atomic E-state index is 0.116. The lowest BCUT2D eigenvalue weighted by atomic mass is 10.0. The maximum absolute atomic E-state index is 11.9. The second-order valence-corrected chi connectivity index (χ2v) is 3.85. The number of benzene rings is 1. The van der Waals surface area contributed by atoms with Crippen LogP contribution in [-0.2, 0) is 6.42 Å². The maximum atomic E-state index is 11.9. The van der Waals surface area contributed by atoms with Gasteiger partial charge in [0, 0.05) is 19.2 Å². The number of hydrogen-bond acceptors (Lipinski definition) is 2. The predicted octanol–water partition coefficient (Wildman–Crippen LogP) is 1.71. The number of ether oxygens (including phenoxy) is 1. The van der Waals surface area contributed by atoms with Crippen LogP contribution in [0.5, 0.6) is 5.75 Å². The predicted molar refractivity (Wildman–Crippen MR) is 58.3 cm³/mol. The Morgan fingerprint density at radius 3 is 2.93 bits per heavy atom. The van der Waals surface area contributed by atoms with Crippen LogP contribution in [0.3, 0.4) is 0 Å². The molecule has 0 aromatic heterocycles. The summed E-state index contributed by atoms with van der Waals surface area (Å²) >= 11 is 0. The minimum absolute atomic E-state index is 0.116. The van der Waals surface area contributed by atoms with E-state index in [4.69, 9.17) is 4.74 Å². The van der Waals surface area contributed by atoms with Crippen LogP contribution in [-0.4, -0.2) is 31.5 Å². The molecule has 0 unspecified atom stereocenters. The zero-order valence-corrected chi connectivity index (χ0v) is 9.12. The van der Waals surface area contributed by atoms with Crippen LogP contribution in [0.25, 0.3) is 0 Å². The molecule has 1 aliphatic rings. The Balaban J connectivity index is 2.44. The van der Waals surface area contributed by atoms with E-state index in [-0.39, 0.29) is 5.91 Å². The number of rotatable bonds is 1. The van der Waals surface area contributed by atoms with Gasteiger partial charge in [0.1, 0.15) is 5.75 Å². The maximum Gasteiger partial charge on any atom is 0.253 e. The summed E-state index contributed by atoms with van der Waals surface area (Å²) in [6, 6.07) is 5.67. The number of carbonyl (C=O) groups is 1. The number of fused-ring (bicyclic) bond motifs is 1. The molecule has 3 heteroatoms. The molecule has 0 aliphatic carbocycles. The molecular weight excluding hydrogens is 190 g/mol. The number of carbonyl (C=O) groups excluding carboxylic acids is 1. The third-order valence-corrected chi connectivity index (χ3v) is 2.83. The van der Waals surface area contributed by atoms with Crippen LogP contribution in [0.1, 0.15) is 22.3 Å². The summed E-state index contributed by atoms with van der Waals surface area (Å²) < 4.78 is 5.16. The molecule has 0 atom stereocenters. The Bertz CT molecular complexity index is 387. The molecule has 1 aromatic carbocycles. The molecular formula is C12H15NO2. The molecule has 80 valence electrons. The first-order chi connectivity index (χ1) is 7.22. The van der Waals surface area contributed by atoms with Gasteiger partial charge >= 0.3 is 0 Å². The lowest BCUT2D eigenvalue weighted by Gasteiger charge is -2.14. The molecule has 0 spiro atoms. The van der Waals surface area contributed by atoms with E-state index in [9.17, 15) is 4.79 Å². The Kier molecular flexibility index (Phi) is 2.62. The number of nitrogens with zero attached hydrogens (tertiary/aromatic N) is 1. The summed E-state index contributed by atoms with van der Waals surface area (Å²) in [7, 11) is 3.49. The molecule has 3 nitrogen and oxygen atoms in total. The molecule has 0 bridgehead atoms. The van der Waals surface area contributed by atoms with Crippen molar-refractivity contribution in [1.29, 1.82) is 0 Å². The van der Waals surface area contributed by atoms with Gasteiger partial charge in [-0.3, -0.25) is 4.79 Å². The van der Waals surface area contributed by atoms with E-state index < -0.39 is 0 Å². The monoisotopic (exact) mass is 205 g/mol. The van der Waals surface area contributed by atoms with Crippen LogP contribution < -0.4 is 4.74 Å². The summed E-state index contributed by atoms with van der Waals surface area (Å²) in [4.78, 5) is 13.7. The topological polar surface area (TPSA) is 29.5 Å². The zero-order chi connectivity index (χ0) is 10.8. The highest BCUT2D eigenvalue weighted by Gasteiger charge is 2.19. The Hall–Kier alpha value is -1.51. The van der Waals surface area contributed by atoms with Gasteiger partial charge in [0.2, 0.25) is 0 Å². The van der Waals surface area contributed by atoms with Gasteiger partial charge in [-0.15, -0.1) is 0 Å². The largest absolute Gasteiger partial charge is 0.497 e. The second kappa shape index (κ2) is 3.93. The molecule has 1 aromatic rings. The van der Waals surface area contributed by atoms with Gasteiger partial charge in [-0.2, -0.15) is 0 Å². The van der Waals surface area contributed by atoms with Crippen LogP contribution >= 0.6 is 0 Å². The van der Waals surface area contributed by atoms with E-state index in [1.54, 1.807) is 12.0 Å². The van der Waals surface area contributed by atoms with Crippen molar-refractivity contribution < 1.29 is 9.53 Å². The third-order valence-electron chi connectivity index (χ3n) is 2.83. The second-order valence-electron chi connectivity index (χ2n) is 3.85. The van der Waals surface area contributed by atoms with Gasteiger partial charge in [-0.05, 0) is 36.6 Å². The number of aryl methyl sites for hydroxylation is 1. The van der Waals surface area contributed by atoms with Crippen molar-refractivity contribution in [2.45, 2.75) is 12.8 Å². The molecule has 0 saturated carbocycles. The summed E-state index contributed by atoms with van der Waals surface area (Å²) in [6.07, 6.45) is 1.96. The first kappa shape index (κ1) is 10.0. The van der Waals surface area contributed by atoms with Crippen molar-refractivity contribution >= 4 is 5.91 Å². The number of methoxy groups -OCH3 is 1. The van der Waals surface area contributed by atoms with E-state index >= 15 is 0 Å². The lowest BCUT2D eigenvalue weighted by molar-refractivity contribution is 0.0800. The Morgan fingerprint density at radius 1 is 1.40 bits per heavy atom. The van der Waals surface area contributed by atoms with E-state index in [0.717, 1.165) is 36.3 Å². The van der Waals surface area contributed by atoms with E-state index in [0.29, 0.717) is 0 Å². The fourth-order valence-electron chi connectivity index (χ4n) is 1.93. The highest BCUT2D eigenvalue weighted by atomic mass is 16.5. The van der Waals surface area contributed by atoms with Crippen molar-refractivity contribution in [2.24, 2.45) is 0 Å². The van der Waals surface area contributed by atoms with Gasteiger partial charge in [-0.1, -0.05) is 0 Å². The van der Waals surface area contributed by atoms with Crippen LogP contribution in [0, 0.1) is 0 Å². The number of amides is 1. The SMILES string of the molecule is COc1ccc2c(c1)CCCN(C)C2=O. The van der Waals surface area contributed by atoms with Crippen molar-refractivity contribution in [3.8, 4) is 5.75 Å². The average Bonchev–Trinajstić information content (AvgIpc) is 2.40. The van der Waals surface area contributed by atoms with Gasteiger partial charge in [0.05, 0.1) is 7.11 Å². The Morgan fingerprint density at radius 2 is 2.20 bits per heavy atom. The van der Waals surface area contributed by atoms with Crippen molar-refractivity contribution in [3.63, 3.8) is 0 Å². The molecule has 1 heterocycles. The van der Waals surface area contributed by atoms with Crippen LogP contribution in [0.4, 0.5) is 0 Å². The van der Waals surface area contributed by atoms with E-state index in [1.807, 2.05) is 25.2 Å². The standard InChI is InChI=1S/C12H15NO2/c1-13-7-3-4-9-8-10(15-2)5-6-11(9)12(13)14/h5-6,8H,3-4,7H2,1-2H3. The summed E-state index contributed by atoms with van der Waals surface area (Å²) in [6.45, 7) is 0.829. The highest BCUT2D eigenvalue weighted by molar-refractivity contribution is 5.96. The van der Waals surface area contributed by atoms with Gasteiger partial charge < -0.3 is 9.64 Å². The fourth-order valence-corrected chi connectivity index (χ4v) is 1.93. The molecule has 15 heavy (non-hydrogen) atoms. The summed E-state index contributed by atoms with van der Waals surface area (Å²) in [5, 5.41) is 0. The number of hydrogen-bond donors (Lipinski definition) is 0. The van der Waals surface area contributed by atoms with Crippen molar-refractivity contribution in [2.75, 3.05) is 20.7 Å². The highest BCUT2D eigenvalue weighted by Crippen LogP contribution is 2.22. The molecule has 2 rings (SSSR count). The molecule has 1 aliphatic heterocycles. The average molecular weight is 205 g/mol. The van der Waals surface area contributed by atoms with E-state index in [2.05, 4.69) is 0 Å². The van der Waals surface area contributed by atoms with Crippen molar-refractivity contribution in [3.05, 3.63) is 29.3 Å². The van der Waals surface area contributed by atoms with Gasteiger partial charge in [0.25, 0.3) is 5.91 Å². The first-order valence-corrected chi connectivity index (χ1v) is 5.15. The normalized spacial score (nSPS) is 15.9. The third kappa shape index (κ3) is 1.82. The molecule has 0 N–H and O–H groups in total. The zero-order valence-electron chi connectivity index (χ0n) is 9.12. The molecule has 0 saturated heterocycles. The molecule has 0 fully saturated rings. The fraction of sp³-hybridized carbons (Fsp3) is 0.417. The van der Waals surface area contributed by atoms with Crippen LogP contribution in [0.2, 0.25) is 0 Å². The van der Waals surface area contributed by atoms with Gasteiger partial charge in [0.15, 0.2) is 0 Å².